The molecule has 3 heteroatoms. The van der Waals surface area contributed by atoms with Crippen molar-refractivity contribution in [2.45, 2.75) is 51.7 Å². The number of rotatable bonds is 3. The Bertz CT molecular complexity index is 238. The molecule has 86 valence electrons. The molecule has 1 saturated heterocycles. The van der Waals surface area contributed by atoms with Gasteiger partial charge >= 0.3 is 0 Å². The van der Waals surface area contributed by atoms with Crippen LogP contribution in [-0.2, 0) is 4.79 Å². The zero-order chi connectivity index (χ0) is 11.4. The lowest BCUT2D eigenvalue weighted by Gasteiger charge is -2.38. The minimum atomic E-state index is 0.0606. The van der Waals surface area contributed by atoms with Crippen molar-refractivity contribution in [2.24, 2.45) is 0 Å². The normalized spacial score (nSPS) is 26.8. The van der Waals surface area contributed by atoms with Crippen molar-refractivity contribution < 1.29 is 4.79 Å². The largest absolute Gasteiger partial charge is 0.336 e. The average Bonchev–Trinajstić information content (AvgIpc) is 2.16. The Balaban J connectivity index is 2.47. The van der Waals surface area contributed by atoms with E-state index in [1.165, 1.54) is 6.08 Å². The number of piperidine rings is 1. The van der Waals surface area contributed by atoms with Crippen molar-refractivity contribution in [2.75, 3.05) is 6.54 Å². The molecule has 1 N–H and O–H groups in total. The highest BCUT2D eigenvalue weighted by molar-refractivity contribution is 5.87. The third-order valence-electron chi connectivity index (χ3n) is 2.90. The van der Waals surface area contributed by atoms with Gasteiger partial charge in [0.05, 0.1) is 0 Å². The molecule has 1 amide bonds. The van der Waals surface area contributed by atoms with Crippen LogP contribution in [0.15, 0.2) is 12.7 Å². The van der Waals surface area contributed by atoms with Gasteiger partial charge in [-0.3, -0.25) is 4.79 Å². The van der Waals surface area contributed by atoms with E-state index in [1.54, 1.807) is 0 Å². The molecule has 0 radical (unpaired) electrons. The summed E-state index contributed by atoms with van der Waals surface area (Å²) in [6, 6.07) is 1.39. The van der Waals surface area contributed by atoms with Gasteiger partial charge in [0.15, 0.2) is 0 Å². The van der Waals surface area contributed by atoms with Gasteiger partial charge in [-0.25, -0.2) is 0 Å². The molecule has 0 saturated carbocycles. The second-order valence-electron chi connectivity index (χ2n) is 4.63. The highest BCUT2D eigenvalue weighted by Gasteiger charge is 2.27. The molecule has 2 unspecified atom stereocenters. The van der Waals surface area contributed by atoms with Crippen LogP contribution in [0.1, 0.15) is 33.6 Å². The third kappa shape index (κ3) is 3.34. The van der Waals surface area contributed by atoms with Crippen molar-refractivity contribution in [3.8, 4) is 0 Å². The zero-order valence-electron chi connectivity index (χ0n) is 9.99. The lowest BCUT2D eigenvalue weighted by Crippen LogP contribution is -2.50. The van der Waals surface area contributed by atoms with Gasteiger partial charge in [-0.1, -0.05) is 20.4 Å². The van der Waals surface area contributed by atoms with Crippen LogP contribution in [0.5, 0.6) is 0 Å². The fourth-order valence-corrected chi connectivity index (χ4v) is 2.24. The standard InChI is InChI=1S/C12H22N2O/c1-5-12(15)14-7-6-11(8-10(14)4)13-9(2)3/h5,9-11,13H,1,6-8H2,2-4H3. The minimum Gasteiger partial charge on any atom is -0.336 e. The first kappa shape index (κ1) is 12.2. The summed E-state index contributed by atoms with van der Waals surface area (Å²) in [5.74, 6) is 0.0606. The van der Waals surface area contributed by atoms with E-state index in [0.717, 1.165) is 19.4 Å². The number of carbonyl (C=O) groups is 1. The van der Waals surface area contributed by atoms with E-state index in [2.05, 4.69) is 32.7 Å². The van der Waals surface area contributed by atoms with Crippen LogP contribution in [-0.4, -0.2) is 35.5 Å². The van der Waals surface area contributed by atoms with Gasteiger partial charge in [0.2, 0.25) is 5.91 Å². The molecule has 0 bridgehead atoms. The van der Waals surface area contributed by atoms with Gasteiger partial charge in [0.25, 0.3) is 0 Å². The molecule has 3 nitrogen and oxygen atoms in total. The van der Waals surface area contributed by atoms with E-state index in [0.29, 0.717) is 18.1 Å². The van der Waals surface area contributed by atoms with Crippen LogP contribution >= 0.6 is 0 Å². The maximum Gasteiger partial charge on any atom is 0.246 e. The topological polar surface area (TPSA) is 32.3 Å². The predicted octanol–water partition coefficient (Wildman–Crippen LogP) is 1.55. The number of nitrogens with one attached hydrogen (secondary N) is 1. The van der Waals surface area contributed by atoms with E-state index < -0.39 is 0 Å². The Morgan fingerprint density at radius 1 is 1.60 bits per heavy atom. The molecule has 1 rings (SSSR count). The van der Waals surface area contributed by atoms with Gasteiger partial charge in [-0.15, -0.1) is 0 Å². The summed E-state index contributed by atoms with van der Waals surface area (Å²) in [6.45, 7) is 10.8. The smallest absolute Gasteiger partial charge is 0.246 e. The molecule has 0 aromatic heterocycles. The first-order valence-corrected chi connectivity index (χ1v) is 5.73. The SMILES string of the molecule is C=CC(=O)N1CCC(NC(C)C)CC1C. The molecular formula is C12H22N2O. The van der Waals surface area contributed by atoms with Gasteiger partial charge in [0, 0.05) is 24.7 Å². The van der Waals surface area contributed by atoms with Crippen LogP contribution < -0.4 is 5.32 Å². The second kappa shape index (κ2) is 5.31. The van der Waals surface area contributed by atoms with Crippen molar-refractivity contribution in [3.05, 3.63) is 12.7 Å². The molecule has 0 aliphatic carbocycles. The van der Waals surface area contributed by atoms with E-state index in [-0.39, 0.29) is 5.91 Å². The number of amides is 1. The van der Waals surface area contributed by atoms with Crippen molar-refractivity contribution in [3.63, 3.8) is 0 Å². The molecule has 1 heterocycles. The number of carbonyl (C=O) groups excluding carboxylic acids is 1. The maximum absolute atomic E-state index is 11.5. The summed E-state index contributed by atoms with van der Waals surface area (Å²) in [6.07, 6.45) is 3.49. The van der Waals surface area contributed by atoms with E-state index in [9.17, 15) is 4.79 Å². The molecule has 0 aromatic rings. The molecule has 1 aliphatic rings. The van der Waals surface area contributed by atoms with Crippen molar-refractivity contribution in [1.29, 1.82) is 0 Å². The third-order valence-corrected chi connectivity index (χ3v) is 2.90. The molecule has 15 heavy (non-hydrogen) atoms. The van der Waals surface area contributed by atoms with Crippen molar-refractivity contribution in [1.82, 2.24) is 10.2 Å². The van der Waals surface area contributed by atoms with Crippen LogP contribution in [0, 0.1) is 0 Å². The highest BCUT2D eigenvalue weighted by atomic mass is 16.2. The summed E-state index contributed by atoms with van der Waals surface area (Å²) in [4.78, 5) is 13.4. The Hall–Kier alpha value is -0.830. The van der Waals surface area contributed by atoms with E-state index >= 15 is 0 Å². The summed E-state index contributed by atoms with van der Waals surface area (Å²) in [5, 5.41) is 3.53. The van der Waals surface area contributed by atoms with Crippen LogP contribution in [0.3, 0.4) is 0 Å². The summed E-state index contributed by atoms with van der Waals surface area (Å²) >= 11 is 0. The van der Waals surface area contributed by atoms with E-state index in [4.69, 9.17) is 0 Å². The summed E-state index contributed by atoms with van der Waals surface area (Å²) in [7, 11) is 0. The Labute approximate surface area is 92.5 Å². The molecule has 2 atom stereocenters. The molecule has 1 fully saturated rings. The fraction of sp³-hybridized carbons (Fsp3) is 0.750. The fourth-order valence-electron chi connectivity index (χ4n) is 2.24. The maximum atomic E-state index is 11.5. The number of hydrogen-bond donors (Lipinski definition) is 1. The monoisotopic (exact) mass is 210 g/mol. The molecule has 1 aliphatic heterocycles. The van der Waals surface area contributed by atoms with Crippen LogP contribution in [0.4, 0.5) is 0 Å². The first-order valence-electron chi connectivity index (χ1n) is 5.73. The zero-order valence-corrected chi connectivity index (χ0v) is 9.99. The average molecular weight is 210 g/mol. The number of hydrogen-bond acceptors (Lipinski definition) is 2. The van der Waals surface area contributed by atoms with Crippen LogP contribution in [0.2, 0.25) is 0 Å². The van der Waals surface area contributed by atoms with Gasteiger partial charge in [-0.2, -0.15) is 0 Å². The lowest BCUT2D eigenvalue weighted by atomic mass is 9.97. The Morgan fingerprint density at radius 3 is 2.73 bits per heavy atom. The summed E-state index contributed by atoms with van der Waals surface area (Å²) in [5.41, 5.74) is 0. The van der Waals surface area contributed by atoms with Gasteiger partial charge < -0.3 is 10.2 Å². The molecular weight excluding hydrogens is 188 g/mol. The summed E-state index contributed by atoms with van der Waals surface area (Å²) < 4.78 is 0. The quantitative estimate of drug-likeness (QED) is 0.717. The first-order chi connectivity index (χ1) is 7.04. The van der Waals surface area contributed by atoms with Crippen LogP contribution in [0.25, 0.3) is 0 Å². The molecule has 0 aromatic carbocycles. The lowest BCUT2D eigenvalue weighted by molar-refractivity contribution is -0.129. The number of nitrogens with zero attached hydrogens (tertiary/aromatic N) is 1. The number of likely N-dealkylation sites (tertiary alicyclic amines) is 1. The van der Waals surface area contributed by atoms with Gasteiger partial charge in [0.1, 0.15) is 0 Å². The Kier molecular flexibility index (Phi) is 4.33. The molecule has 0 spiro atoms. The predicted molar refractivity (Wildman–Crippen MR) is 62.7 cm³/mol. The Morgan fingerprint density at radius 2 is 2.27 bits per heavy atom. The minimum absolute atomic E-state index is 0.0606. The van der Waals surface area contributed by atoms with Crippen molar-refractivity contribution >= 4 is 5.91 Å². The second-order valence-corrected chi connectivity index (χ2v) is 4.63. The van der Waals surface area contributed by atoms with E-state index in [1.807, 2.05) is 4.90 Å². The van der Waals surface area contributed by atoms with Gasteiger partial charge in [-0.05, 0) is 25.8 Å². The highest BCUT2D eigenvalue weighted by Crippen LogP contribution is 2.17.